The van der Waals surface area contributed by atoms with Gasteiger partial charge in [-0.3, -0.25) is 4.79 Å². The third-order valence-corrected chi connectivity index (χ3v) is 3.69. The highest BCUT2D eigenvalue weighted by Gasteiger charge is 2.14. The Hall–Kier alpha value is -3.12. The van der Waals surface area contributed by atoms with E-state index in [1.807, 2.05) is 0 Å². The van der Waals surface area contributed by atoms with Crippen molar-refractivity contribution in [1.82, 2.24) is 5.16 Å². The number of amides is 1. The van der Waals surface area contributed by atoms with Crippen LogP contribution in [0.4, 0.5) is 5.69 Å². The van der Waals surface area contributed by atoms with Crippen LogP contribution in [0.15, 0.2) is 59.1 Å². The zero-order chi connectivity index (χ0) is 17.8. The minimum atomic E-state index is -0.443. The number of benzene rings is 2. The van der Waals surface area contributed by atoms with E-state index < -0.39 is 11.9 Å². The Morgan fingerprint density at radius 2 is 1.76 bits per heavy atom. The molecular weight excluding hydrogens is 344 g/mol. The van der Waals surface area contributed by atoms with Crippen molar-refractivity contribution in [2.24, 2.45) is 0 Å². The molecule has 1 aromatic heterocycles. The predicted octanol–water partition coefficient (Wildman–Crippen LogP) is 4.03. The molecule has 0 bridgehead atoms. The molecule has 7 heteroatoms. The highest BCUT2D eigenvalue weighted by molar-refractivity contribution is 6.30. The number of aromatic nitrogens is 1. The van der Waals surface area contributed by atoms with Crippen molar-refractivity contribution < 1.29 is 18.8 Å². The fraction of sp³-hybridized carbons (Fsp3) is 0.0556. The van der Waals surface area contributed by atoms with E-state index in [4.69, 9.17) is 16.1 Å². The van der Waals surface area contributed by atoms with Crippen molar-refractivity contribution in [3.63, 3.8) is 0 Å². The van der Waals surface area contributed by atoms with Crippen LogP contribution in [-0.2, 0) is 4.74 Å². The summed E-state index contributed by atoms with van der Waals surface area (Å²) >= 11 is 5.85. The number of rotatable bonds is 4. The first-order valence-corrected chi connectivity index (χ1v) is 7.67. The molecular formula is C18H13ClN2O4. The van der Waals surface area contributed by atoms with E-state index in [2.05, 4.69) is 15.2 Å². The van der Waals surface area contributed by atoms with E-state index in [0.717, 1.165) is 5.56 Å². The van der Waals surface area contributed by atoms with Gasteiger partial charge in [0.2, 0.25) is 0 Å². The van der Waals surface area contributed by atoms with Crippen molar-refractivity contribution in [1.29, 1.82) is 0 Å². The van der Waals surface area contributed by atoms with Gasteiger partial charge in [0.05, 0.1) is 12.7 Å². The maximum Gasteiger partial charge on any atom is 0.337 e. The van der Waals surface area contributed by atoms with E-state index in [0.29, 0.717) is 22.0 Å². The van der Waals surface area contributed by atoms with E-state index in [9.17, 15) is 9.59 Å². The number of halogens is 1. The van der Waals surface area contributed by atoms with Crippen LogP contribution in [0.25, 0.3) is 11.3 Å². The molecule has 25 heavy (non-hydrogen) atoms. The molecule has 2 aromatic carbocycles. The number of nitrogens with zero attached hydrogens (tertiary/aromatic N) is 1. The Balaban J connectivity index is 1.71. The normalized spacial score (nSPS) is 10.3. The number of nitrogens with one attached hydrogen (secondary N) is 1. The molecule has 0 spiro atoms. The number of methoxy groups -OCH3 is 1. The van der Waals surface area contributed by atoms with Gasteiger partial charge in [0.25, 0.3) is 5.91 Å². The largest absolute Gasteiger partial charge is 0.465 e. The number of carbonyl (C=O) groups excluding carboxylic acids is 2. The first kappa shape index (κ1) is 16.7. The smallest absolute Gasteiger partial charge is 0.337 e. The Morgan fingerprint density at radius 1 is 1.08 bits per heavy atom. The number of hydrogen-bond donors (Lipinski definition) is 1. The summed E-state index contributed by atoms with van der Waals surface area (Å²) < 4.78 is 9.82. The molecule has 0 aliphatic rings. The lowest BCUT2D eigenvalue weighted by atomic mass is 10.1. The molecule has 0 aliphatic carbocycles. The molecule has 3 aromatic rings. The van der Waals surface area contributed by atoms with Crippen LogP contribution < -0.4 is 5.32 Å². The van der Waals surface area contributed by atoms with Gasteiger partial charge in [-0.1, -0.05) is 16.8 Å². The number of hydrogen-bond acceptors (Lipinski definition) is 5. The van der Waals surface area contributed by atoms with Crippen molar-refractivity contribution >= 4 is 29.2 Å². The first-order valence-electron chi connectivity index (χ1n) is 7.29. The quantitative estimate of drug-likeness (QED) is 0.713. The third kappa shape index (κ3) is 3.87. The van der Waals surface area contributed by atoms with Gasteiger partial charge in [0, 0.05) is 22.3 Å². The molecule has 0 unspecified atom stereocenters. The SMILES string of the molecule is COC(=O)c1ccc(NC(=O)c2cc(-c3ccc(Cl)cc3)on2)cc1. The van der Waals surface area contributed by atoms with Crippen molar-refractivity contribution in [2.75, 3.05) is 12.4 Å². The van der Waals surface area contributed by atoms with E-state index in [1.54, 1.807) is 54.6 Å². The topological polar surface area (TPSA) is 81.4 Å². The summed E-state index contributed by atoms with van der Waals surface area (Å²) in [5.41, 5.74) is 1.82. The number of carbonyl (C=O) groups is 2. The minimum Gasteiger partial charge on any atom is -0.465 e. The summed E-state index contributed by atoms with van der Waals surface area (Å²) in [6, 6.07) is 14.9. The average Bonchev–Trinajstić information content (AvgIpc) is 3.12. The summed E-state index contributed by atoms with van der Waals surface area (Å²) in [6.07, 6.45) is 0. The standard InChI is InChI=1S/C18H13ClN2O4/c1-24-18(23)12-4-8-14(9-5-12)20-17(22)15-10-16(25-21-15)11-2-6-13(19)7-3-11/h2-10H,1H3,(H,20,22). The van der Waals surface area contributed by atoms with Crippen molar-refractivity contribution in [3.8, 4) is 11.3 Å². The molecule has 1 N–H and O–H groups in total. The maximum absolute atomic E-state index is 12.2. The van der Waals surface area contributed by atoms with Gasteiger partial charge in [0.1, 0.15) is 0 Å². The van der Waals surface area contributed by atoms with Gasteiger partial charge in [-0.25, -0.2) is 4.79 Å². The van der Waals surface area contributed by atoms with Crippen LogP contribution in [0.2, 0.25) is 5.02 Å². The molecule has 1 amide bonds. The van der Waals surface area contributed by atoms with Gasteiger partial charge < -0.3 is 14.6 Å². The predicted molar refractivity (Wildman–Crippen MR) is 92.7 cm³/mol. The number of esters is 1. The molecule has 0 saturated heterocycles. The summed E-state index contributed by atoms with van der Waals surface area (Å²) in [5.74, 6) is -0.403. The zero-order valence-corrected chi connectivity index (χ0v) is 13.9. The lowest BCUT2D eigenvalue weighted by Gasteiger charge is -2.04. The van der Waals surface area contributed by atoms with Crippen molar-refractivity contribution in [2.45, 2.75) is 0 Å². The number of ether oxygens (including phenoxy) is 1. The average molecular weight is 357 g/mol. The molecule has 0 aliphatic heterocycles. The third-order valence-electron chi connectivity index (χ3n) is 3.44. The van der Waals surface area contributed by atoms with Crippen LogP contribution in [0.5, 0.6) is 0 Å². The van der Waals surface area contributed by atoms with Gasteiger partial charge in [-0.05, 0) is 48.5 Å². The van der Waals surface area contributed by atoms with Crippen LogP contribution in [0.3, 0.4) is 0 Å². The summed E-state index contributed by atoms with van der Waals surface area (Å²) in [7, 11) is 1.31. The second-order valence-electron chi connectivity index (χ2n) is 5.11. The molecule has 0 fully saturated rings. The highest BCUT2D eigenvalue weighted by atomic mass is 35.5. The second kappa shape index (κ2) is 7.19. The zero-order valence-electron chi connectivity index (χ0n) is 13.2. The Labute approximate surface area is 148 Å². The molecule has 3 rings (SSSR count). The second-order valence-corrected chi connectivity index (χ2v) is 5.54. The molecule has 6 nitrogen and oxygen atoms in total. The molecule has 0 saturated carbocycles. The lowest BCUT2D eigenvalue weighted by Crippen LogP contribution is -2.12. The molecule has 0 atom stereocenters. The highest BCUT2D eigenvalue weighted by Crippen LogP contribution is 2.22. The first-order chi connectivity index (χ1) is 12.1. The van der Waals surface area contributed by atoms with Gasteiger partial charge >= 0.3 is 5.97 Å². The van der Waals surface area contributed by atoms with Gasteiger partial charge in [-0.2, -0.15) is 0 Å². The number of anilines is 1. The van der Waals surface area contributed by atoms with Gasteiger partial charge in [0.15, 0.2) is 11.5 Å². The summed E-state index contributed by atoms with van der Waals surface area (Å²) in [6.45, 7) is 0. The summed E-state index contributed by atoms with van der Waals surface area (Å²) in [5, 5.41) is 7.07. The van der Waals surface area contributed by atoms with E-state index >= 15 is 0 Å². The molecule has 1 heterocycles. The molecule has 126 valence electrons. The van der Waals surface area contributed by atoms with Crippen molar-refractivity contribution in [3.05, 3.63) is 70.9 Å². The lowest BCUT2D eigenvalue weighted by molar-refractivity contribution is 0.0600. The van der Waals surface area contributed by atoms with Gasteiger partial charge in [-0.15, -0.1) is 0 Å². The monoisotopic (exact) mass is 356 g/mol. The molecule has 0 radical (unpaired) electrons. The van der Waals surface area contributed by atoms with Crippen LogP contribution in [0, 0.1) is 0 Å². The van der Waals surface area contributed by atoms with E-state index in [-0.39, 0.29) is 5.69 Å². The fourth-order valence-electron chi connectivity index (χ4n) is 2.14. The van der Waals surface area contributed by atoms with Crippen LogP contribution in [0.1, 0.15) is 20.8 Å². The Bertz CT molecular complexity index is 902. The Morgan fingerprint density at radius 3 is 2.40 bits per heavy atom. The van der Waals surface area contributed by atoms with Crippen LogP contribution >= 0.6 is 11.6 Å². The van der Waals surface area contributed by atoms with E-state index in [1.165, 1.54) is 7.11 Å². The van der Waals surface area contributed by atoms with Crippen LogP contribution in [-0.4, -0.2) is 24.1 Å². The fourth-order valence-corrected chi connectivity index (χ4v) is 2.26. The Kier molecular flexibility index (Phi) is 4.81. The minimum absolute atomic E-state index is 0.141. The summed E-state index contributed by atoms with van der Waals surface area (Å²) in [4.78, 5) is 23.6. The maximum atomic E-state index is 12.2.